The van der Waals surface area contributed by atoms with E-state index in [1.165, 1.54) is 26.4 Å². The van der Waals surface area contributed by atoms with Crippen molar-refractivity contribution >= 4 is 22.5 Å². The zero-order chi connectivity index (χ0) is 21.5. The van der Waals surface area contributed by atoms with Gasteiger partial charge in [-0.1, -0.05) is 18.2 Å². The quantitative estimate of drug-likeness (QED) is 0.500. The van der Waals surface area contributed by atoms with Crippen molar-refractivity contribution in [2.45, 2.75) is 25.3 Å². The van der Waals surface area contributed by atoms with Gasteiger partial charge in [-0.05, 0) is 49.2 Å². The van der Waals surface area contributed by atoms with E-state index >= 15 is 0 Å². The number of fused-ring (bicyclic) bond motifs is 1. The van der Waals surface area contributed by atoms with Crippen LogP contribution in [0.25, 0.3) is 16.6 Å². The summed E-state index contributed by atoms with van der Waals surface area (Å²) in [5.74, 6) is -0.371. The lowest BCUT2D eigenvalue weighted by molar-refractivity contribution is -0.119. The van der Waals surface area contributed by atoms with Crippen molar-refractivity contribution in [2.75, 3.05) is 11.9 Å². The molecule has 0 N–H and O–H groups in total. The molecule has 0 atom stereocenters. The van der Waals surface area contributed by atoms with E-state index in [-0.39, 0.29) is 24.2 Å². The molecule has 31 heavy (non-hydrogen) atoms. The van der Waals surface area contributed by atoms with Gasteiger partial charge in [-0.2, -0.15) is 10.2 Å². The Hall–Kier alpha value is -3.81. The van der Waals surface area contributed by atoms with Crippen molar-refractivity contribution in [1.29, 1.82) is 0 Å². The van der Waals surface area contributed by atoms with Gasteiger partial charge < -0.3 is 4.90 Å². The Morgan fingerprint density at radius 3 is 2.52 bits per heavy atom. The first-order valence-electron chi connectivity index (χ1n) is 10.1. The number of amides is 1. The van der Waals surface area contributed by atoms with Gasteiger partial charge in [-0.3, -0.25) is 9.59 Å². The topological polar surface area (TPSA) is 73.0 Å². The number of para-hydroxylation sites is 1. The Bertz CT molecular complexity index is 1320. The number of rotatable bonds is 5. The van der Waals surface area contributed by atoms with Crippen molar-refractivity contribution in [3.8, 4) is 5.69 Å². The molecule has 0 spiro atoms. The number of aromatic nitrogens is 4. The van der Waals surface area contributed by atoms with Crippen LogP contribution in [0.5, 0.6) is 0 Å². The summed E-state index contributed by atoms with van der Waals surface area (Å²) in [7, 11) is 1.67. The van der Waals surface area contributed by atoms with E-state index in [1.54, 1.807) is 25.4 Å². The number of hydrogen-bond acceptors (Lipinski definition) is 4. The lowest BCUT2D eigenvalue weighted by Gasteiger charge is -2.18. The van der Waals surface area contributed by atoms with Crippen molar-refractivity contribution in [2.24, 2.45) is 0 Å². The number of nitrogens with zero attached hydrogens (tertiary/aromatic N) is 5. The Kier molecular flexibility index (Phi) is 4.62. The van der Waals surface area contributed by atoms with Crippen LogP contribution in [-0.2, 0) is 11.3 Å². The fourth-order valence-corrected chi connectivity index (χ4v) is 3.67. The third-order valence-electron chi connectivity index (χ3n) is 5.55. The van der Waals surface area contributed by atoms with Crippen molar-refractivity contribution in [3.05, 3.63) is 82.7 Å². The zero-order valence-corrected chi connectivity index (χ0v) is 16.9. The number of benzene rings is 2. The van der Waals surface area contributed by atoms with Gasteiger partial charge in [-0.25, -0.2) is 13.8 Å². The second-order valence-electron chi connectivity index (χ2n) is 7.71. The molecule has 7 nitrogen and oxygen atoms in total. The minimum absolute atomic E-state index is 0.186. The predicted molar refractivity (Wildman–Crippen MR) is 115 cm³/mol. The molecule has 5 rings (SSSR count). The third kappa shape index (κ3) is 3.50. The van der Waals surface area contributed by atoms with Crippen LogP contribution in [0.4, 0.5) is 10.1 Å². The molecule has 8 heteroatoms. The molecule has 156 valence electrons. The first-order chi connectivity index (χ1) is 15.0. The highest BCUT2D eigenvalue weighted by atomic mass is 19.1. The summed E-state index contributed by atoms with van der Waals surface area (Å²) in [5.41, 5.74) is 2.02. The summed E-state index contributed by atoms with van der Waals surface area (Å²) in [5, 5.41) is 9.60. The minimum atomic E-state index is -0.406. The summed E-state index contributed by atoms with van der Waals surface area (Å²) < 4.78 is 16.1. The van der Waals surface area contributed by atoms with Gasteiger partial charge in [0.2, 0.25) is 5.91 Å². The van der Waals surface area contributed by atoms with Gasteiger partial charge in [0.15, 0.2) is 0 Å². The lowest BCUT2D eigenvalue weighted by Crippen LogP contribution is -2.36. The van der Waals surface area contributed by atoms with Gasteiger partial charge in [-0.15, -0.1) is 0 Å². The molecule has 1 aliphatic rings. The highest BCUT2D eigenvalue weighted by Crippen LogP contribution is 2.41. The second kappa shape index (κ2) is 7.46. The van der Waals surface area contributed by atoms with E-state index in [0.717, 1.165) is 24.2 Å². The van der Waals surface area contributed by atoms with E-state index in [9.17, 15) is 14.0 Å². The van der Waals surface area contributed by atoms with Crippen molar-refractivity contribution in [1.82, 2.24) is 19.6 Å². The molecule has 0 aliphatic heterocycles. The first kappa shape index (κ1) is 19.2. The monoisotopic (exact) mass is 417 g/mol. The second-order valence-corrected chi connectivity index (χ2v) is 7.71. The van der Waals surface area contributed by atoms with Crippen molar-refractivity contribution < 1.29 is 9.18 Å². The van der Waals surface area contributed by atoms with Gasteiger partial charge in [0, 0.05) is 24.0 Å². The largest absolute Gasteiger partial charge is 0.314 e. The SMILES string of the molecule is CN(C(=O)Cn1nc(C2CC2)c2cnn(-c3ccc(F)cc3)c2c1=O)c1ccccc1. The van der Waals surface area contributed by atoms with E-state index in [0.29, 0.717) is 16.6 Å². The molecule has 1 aliphatic carbocycles. The van der Waals surface area contributed by atoms with Crippen LogP contribution in [0.3, 0.4) is 0 Å². The van der Waals surface area contributed by atoms with Crippen LogP contribution >= 0.6 is 0 Å². The van der Waals surface area contributed by atoms with E-state index < -0.39 is 5.56 Å². The van der Waals surface area contributed by atoms with Crippen LogP contribution in [0.15, 0.2) is 65.6 Å². The number of likely N-dealkylation sites (N-methyl/N-ethyl adjacent to an activating group) is 1. The fourth-order valence-electron chi connectivity index (χ4n) is 3.67. The smallest absolute Gasteiger partial charge is 0.293 e. The molecule has 0 saturated heterocycles. The van der Waals surface area contributed by atoms with E-state index in [2.05, 4.69) is 10.2 Å². The first-order valence-corrected chi connectivity index (χ1v) is 10.1. The molecule has 2 aromatic carbocycles. The summed E-state index contributed by atoms with van der Waals surface area (Å²) in [6.07, 6.45) is 3.60. The molecule has 0 radical (unpaired) electrons. The average molecular weight is 417 g/mol. The number of carbonyl (C=O) groups excluding carboxylic acids is 1. The third-order valence-corrected chi connectivity index (χ3v) is 5.55. The Balaban J connectivity index is 1.59. The average Bonchev–Trinajstić information content (AvgIpc) is 3.54. The molecule has 2 aromatic heterocycles. The van der Waals surface area contributed by atoms with Crippen LogP contribution in [-0.4, -0.2) is 32.5 Å². The van der Waals surface area contributed by atoms with Crippen LogP contribution in [0.1, 0.15) is 24.5 Å². The summed E-state index contributed by atoms with van der Waals surface area (Å²) in [6.45, 7) is -0.186. The Labute approximate surface area is 177 Å². The van der Waals surface area contributed by atoms with Crippen LogP contribution in [0.2, 0.25) is 0 Å². The van der Waals surface area contributed by atoms with Gasteiger partial charge in [0.1, 0.15) is 17.9 Å². The maximum Gasteiger partial charge on any atom is 0.293 e. The standard InChI is InChI=1S/C23H20FN5O2/c1-27(17-5-3-2-4-6-17)20(30)14-28-23(31)22-19(21(26-28)15-7-8-15)13-25-29(22)18-11-9-16(24)10-12-18/h2-6,9-13,15H,7-8,14H2,1H3. The van der Waals surface area contributed by atoms with Gasteiger partial charge >= 0.3 is 0 Å². The molecular weight excluding hydrogens is 397 g/mol. The molecule has 1 fully saturated rings. The minimum Gasteiger partial charge on any atom is -0.314 e. The number of anilines is 1. The number of carbonyl (C=O) groups is 1. The maximum atomic E-state index is 13.4. The molecule has 0 unspecified atom stereocenters. The highest BCUT2D eigenvalue weighted by Gasteiger charge is 2.30. The molecule has 1 amide bonds. The Morgan fingerprint density at radius 1 is 1.13 bits per heavy atom. The maximum absolute atomic E-state index is 13.4. The summed E-state index contributed by atoms with van der Waals surface area (Å²) in [4.78, 5) is 27.7. The van der Waals surface area contributed by atoms with E-state index in [4.69, 9.17) is 0 Å². The number of halogens is 1. The predicted octanol–water partition coefficient (Wildman–Crippen LogP) is 3.26. The number of hydrogen-bond donors (Lipinski definition) is 0. The van der Waals surface area contributed by atoms with Gasteiger partial charge in [0.05, 0.1) is 17.6 Å². The molecule has 2 heterocycles. The van der Waals surface area contributed by atoms with Crippen LogP contribution < -0.4 is 10.5 Å². The summed E-state index contributed by atoms with van der Waals surface area (Å²) in [6, 6.07) is 15.0. The highest BCUT2D eigenvalue weighted by molar-refractivity contribution is 5.92. The van der Waals surface area contributed by atoms with E-state index in [1.807, 2.05) is 30.3 Å². The Morgan fingerprint density at radius 2 is 1.84 bits per heavy atom. The molecular formula is C23H20FN5O2. The van der Waals surface area contributed by atoms with Crippen molar-refractivity contribution in [3.63, 3.8) is 0 Å². The summed E-state index contributed by atoms with van der Waals surface area (Å²) >= 11 is 0. The van der Waals surface area contributed by atoms with Crippen LogP contribution in [0, 0.1) is 5.82 Å². The molecule has 4 aromatic rings. The zero-order valence-electron chi connectivity index (χ0n) is 16.9. The van der Waals surface area contributed by atoms with Gasteiger partial charge in [0.25, 0.3) is 5.56 Å². The lowest BCUT2D eigenvalue weighted by atomic mass is 10.2. The normalized spacial score (nSPS) is 13.5. The molecule has 0 bridgehead atoms. The fraction of sp³-hybridized carbons (Fsp3) is 0.217. The molecule has 1 saturated carbocycles.